The van der Waals surface area contributed by atoms with Crippen molar-refractivity contribution >= 4 is 33.6 Å². The zero-order chi connectivity index (χ0) is 21.4. The standard InChI is InChI=1S/C20H14F2N8O/c21-11-3-1-4-12(7-11)29-30-15(28-14-6-2-5-13(22)16(14)20(30)31)8-23-18-17-19(25-9-24-17)27-10-26-18/h1-7,9-10,29H,8H2,(H2,23,24,25,26,27). The van der Waals surface area contributed by atoms with Crippen molar-refractivity contribution in [3.63, 3.8) is 0 Å². The van der Waals surface area contributed by atoms with Crippen LogP contribution >= 0.6 is 0 Å². The minimum Gasteiger partial charge on any atom is -0.361 e. The van der Waals surface area contributed by atoms with Gasteiger partial charge in [-0.2, -0.15) is 0 Å². The van der Waals surface area contributed by atoms with Crippen LogP contribution in [0.25, 0.3) is 22.1 Å². The minimum atomic E-state index is -0.695. The van der Waals surface area contributed by atoms with Crippen LogP contribution in [0.15, 0.2) is 59.9 Å². The van der Waals surface area contributed by atoms with Crippen LogP contribution in [0.5, 0.6) is 0 Å². The monoisotopic (exact) mass is 420 g/mol. The molecule has 0 saturated carbocycles. The molecule has 0 aliphatic rings. The highest BCUT2D eigenvalue weighted by Gasteiger charge is 2.16. The number of H-pyrrole nitrogens is 1. The Bertz CT molecular complexity index is 1480. The average Bonchev–Trinajstić information content (AvgIpc) is 3.24. The van der Waals surface area contributed by atoms with E-state index in [0.717, 1.165) is 4.68 Å². The van der Waals surface area contributed by atoms with E-state index in [0.29, 0.717) is 22.7 Å². The number of imidazole rings is 1. The number of benzene rings is 2. The van der Waals surface area contributed by atoms with E-state index in [2.05, 4.69) is 35.7 Å². The van der Waals surface area contributed by atoms with Crippen molar-refractivity contribution in [2.24, 2.45) is 0 Å². The SMILES string of the molecule is O=c1c2c(F)cccc2nc(CNc2ncnc3nc[nH]c23)n1Nc1cccc(F)c1. The third-order valence-electron chi connectivity index (χ3n) is 4.62. The van der Waals surface area contributed by atoms with Crippen LogP contribution in [0.4, 0.5) is 20.3 Å². The lowest BCUT2D eigenvalue weighted by Gasteiger charge is -2.16. The molecule has 3 heterocycles. The van der Waals surface area contributed by atoms with Gasteiger partial charge in [0, 0.05) is 0 Å². The summed E-state index contributed by atoms with van der Waals surface area (Å²) < 4.78 is 29.1. The molecule has 0 atom stereocenters. The van der Waals surface area contributed by atoms with Gasteiger partial charge in [-0.05, 0) is 30.3 Å². The molecule has 31 heavy (non-hydrogen) atoms. The van der Waals surface area contributed by atoms with Crippen molar-refractivity contribution in [3.8, 4) is 0 Å². The number of nitrogens with zero attached hydrogens (tertiary/aromatic N) is 5. The number of hydrogen-bond acceptors (Lipinski definition) is 7. The van der Waals surface area contributed by atoms with Gasteiger partial charge in [0.05, 0.1) is 24.1 Å². The number of aromatic nitrogens is 6. The fourth-order valence-corrected chi connectivity index (χ4v) is 3.22. The molecule has 0 aliphatic heterocycles. The average molecular weight is 420 g/mol. The molecule has 0 radical (unpaired) electrons. The summed E-state index contributed by atoms with van der Waals surface area (Å²) in [6.07, 6.45) is 2.84. The Morgan fingerprint density at radius 2 is 1.94 bits per heavy atom. The van der Waals surface area contributed by atoms with Gasteiger partial charge >= 0.3 is 0 Å². The summed E-state index contributed by atoms with van der Waals surface area (Å²) in [4.78, 5) is 32.8. The topological polar surface area (TPSA) is 113 Å². The lowest BCUT2D eigenvalue weighted by atomic mass is 10.2. The molecule has 5 aromatic rings. The first kappa shape index (κ1) is 18.6. The Morgan fingerprint density at radius 3 is 2.81 bits per heavy atom. The van der Waals surface area contributed by atoms with Gasteiger partial charge in [0.2, 0.25) is 0 Å². The van der Waals surface area contributed by atoms with Gasteiger partial charge in [-0.15, -0.1) is 0 Å². The Hall–Kier alpha value is -4.41. The fraction of sp³-hybridized carbons (Fsp3) is 0.0500. The number of hydrogen-bond donors (Lipinski definition) is 3. The normalized spacial score (nSPS) is 11.2. The van der Waals surface area contributed by atoms with E-state index in [1.807, 2.05) is 0 Å². The first-order valence-corrected chi connectivity index (χ1v) is 9.21. The number of fused-ring (bicyclic) bond motifs is 2. The van der Waals surface area contributed by atoms with Crippen LogP contribution < -0.4 is 16.3 Å². The van der Waals surface area contributed by atoms with Crippen molar-refractivity contribution in [2.75, 3.05) is 10.7 Å². The maximum atomic E-state index is 14.4. The van der Waals surface area contributed by atoms with Gasteiger partial charge < -0.3 is 10.3 Å². The van der Waals surface area contributed by atoms with Crippen LogP contribution in [0.3, 0.4) is 0 Å². The Labute approximate surface area is 172 Å². The highest BCUT2D eigenvalue weighted by Crippen LogP contribution is 2.17. The van der Waals surface area contributed by atoms with Gasteiger partial charge in [-0.3, -0.25) is 10.2 Å². The molecule has 9 nitrogen and oxygen atoms in total. The summed E-state index contributed by atoms with van der Waals surface area (Å²) in [7, 11) is 0. The largest absolute Gasteiger partial charge is 0.361 e. The Balaban J connectivity index is 1.60. The van der Waals surface area contributed by atoms with E-state index in [1.54, 1.807) is 12.1 Å². The van der Waals surface area contributed by atoms with Crippen molar-refractivity contribution in [2.45, 2.75) is 6.54 Å². The van der Waals surface area contributed by atoms with Crippen LogP contribution in [0.1, 0.15) is 5.82 Å². The number of anilines is 2. The zero-order valence-corrected chi connectivity index (χ0v) is 15.8. The molecule has 0 saturated heterocycles. The van der Waals surface area contributed by atoms with Gasteiger partial charge in [0.1, 0.15) is 28.9 Å². The molecular formula is C20H14F2N8O. The maximum Gasteiger partial charge on any atom is 0.283 e. The summed E-state index contributed by atoms with van der Waals surface area (Å²) in [6, 6.07) is 9.78. The molecule has 0 bridgehead atoms. The van der Waals surface area contributed by atoms with Crippen LogP contribution in [-0.2, 0) is 6.54 Å². The second-order valence-corrected chi connectivity index (χ2v) is 6.60. The second kappa shape index (κ2) is 7.44. The molecule has 154 valence electrons. The quantitative estimate of drug-likeness (QED) is 0.401. The molecule has 0 fully saturated rings. The molecule has 0 aliphatic carbocycles. The van der Waals surface area contributed by atoms with Gasteiger partial charge in [0.25, 0.3) is 5.56 Å². The number of halogens is 2. The highest BCUT2D eigenvalue weighted by molar-refractivity contribution is 5.82. The predicted molar refractivity (Wildman–Crippen MR) is 110 cm³/mol. The van der Waals surface area contributed by atoms with Crippen LogP contribution in [-0.4, -0.2) is 29.6 Å². The third-order valence-corrected chi connectivity index (χ3v) is 4.62. The van der Waals surface area contributed by atoms with Crippen molar-refractivity contribution in [1.82, 2.24) is 29.6 Å². The minimum absolute atomic E-state index is 0.0507. The Morgan fingerprint density at radius 1 is 1.06 bits per heavy atom. The molecule has 2 aromatic carbocycles. The van der Waals surface area contributed by atoms with Gasteiger partial charge in [-0.1, -0.05) is 12.1 Å². The molecule has 11 heteroatoms. The third kappa shape index (κ3) is 3.41. The molecular weight excluding hydrogens is 406 g/mol. The van der Waals surface area contributed by atoms with Gasteiger partial charge in [0.15, 0.2) is 17.3 Å². The Kier molecular flexibility index (Phi) is 4.47. The summed E-state index contributed by atoms with van der Waals surface area (Å²) in [5.41, 5.74) is 3.72. The van der Waals surface area contributed by atoms with Gasteiger partial charge in [-0.25, -0.2) is 33.4 Å². The first-order valence-electron chi connectivity index (χ1n) is 9.21. The molecule has 0 unspecified atom stereocenters. The van der Waals surface area contributed by atoms with Crippen LogP contribution in [0, 0.1) is 11.6 Å². The summed E-state index contributed by atoms with van der Waals surface area (Å²) in [6.45, 7) is 0.0507. The van der Waals surface area contributed by atoms with Crippen molar-refractivity contribution in [1.29, 1.82) is 0 Å². The number of rotatable bonds is 5. The lowest BCUT2D eigenvalue weighted by Crippen LogP contribution is -2.32. The molecule has 5 rings (SSSR count). The van der Waals surface area contributed by atoms with E-state index in [4.69, 9.17) is 0 Å². The van der Waals surface area contributed by atoms with E-state index in [-0.39, 0.29) is 23.3 Å². The predicted octanol–water partition coefficient (Wildman–Crippen LogP) is 2.83. The van der Waals surface area contributed by atoms with E-state index >= 15 is 0 Å². The molecule has 0 amide bonds. The fourth-order valence-electron chi connectivity index (χ4n) is 3.22. The maximum absolute atomic E-state index is 14.4. The smallest absolute Gasteiger partial charge is 0.283 e. The second-order valence-electron chi connectivity index (χ2n) is 6.60. The summed E-state index contributed by atoms with van der Waals surface area (Å²) >= 11 is 0. The highest BCUT2D eigenvalue weighted by atomic mass is 19.1. The lowest BCUT2D eigenvalue weighted by molar-refractivity contribution is 0.627. The van der Waals surface area contributed by atoms with E-state index < -0.39 is 17.2 Å². The van der Waals surface area contributed by atoms with Crippen molar-refractivity contribution < 1.29 is 8.78 Å². The summed E-state index contributed by atoms with van der Waals surface area (Å²) in [5.74, 6) is -0.494. The molecule has 0 spiro atoms. The first-order chi connectivity index (χ1) is 15.1. The van der Waals surface area contributed by atoms with Crippen LogP contribution in [0.2, 0.25) is 0 Å². The summed E-state index contributed by atoms with van der Waals surface area (Å²) in [5, 5.41) is 2.91. The zero-order valence-electron chi connectivity index (χ0n) is 15.8. The van der Waals surface area contributed by atoms with E-state index in [1.165, 1.54) is 43.0 Å². The molecule has 3 N–H and O–H groups in total. The molecule has 3 aromatic heterocycles. The van der Waals surface area contributed by atoms with E-state index in [9.17, 15) is 13.6 Å². The van der Waals surface area contributed by atoms with Crippen molar-refractivity contribution in [3.05, 3.63) is 82.9 Å². The number of nitrogens with one attached hydrogen (secondary N) is 3. The number of aromatic amines is 1.